The van der Waals surface area contributed by atoms with Crippen molar-refractivity contribution in [2.24, 2.45) is 10.8 Å². The molecule has 0 aliphatic carbocycles. The van der Waals surface area contributed by atoms with Crippen molar-refractivity contribution in [3.8, 4) is 0 Å². The van der Waals surface area contributed by atoms with Gasteiger partial charge in [0.15, 0.2) is 0 Å². The van der Waals surface area contributed by atoms with Crippen LogP contribution in [0.15, 0.2) is 0 Å². The first-order valence-corrected chi connectivity index (χ1v) is 13.0. The van der Waals surface area contributed by atoms with E-state index in [0.29, 0.717) is 57.8 Å². The number of alkyl carbamates (subject to hydrolysis) is 1. The van der Waals surface area contributed by atoms with Crippen molar-refractivity contribution in [2.75, 3.05) is 52.6 Å². The smallest absolute Gasteiger partial charge is 0.407 e. The van der Waals surface area contributed by atoms with Crippen LogP contribution in [0.5, 0.6) is 0 Å². The molecule has 4 N–H and O–H groups in total. The van der Waals surface area contributed by atoms with E-state index in [-0.39, 0.29) is 30.4 Å². The second-order valence-electron chi connectivity index (χ2n) is 11.9. The van der Waals surface area contributed by atoms with E-state index in [0.717, 1.165) is 12.8 Å². The molecule has 212 valence electrons. The van der Waals surface area contributed by atoms with Crippen LogP contribution in [-0.4, -0.2) is 76.2 Å². The van der Waals surface area contributed by atoms with Crippen molar-refractivity contribution < 1.29 is 28.6 Å². The Labute approximate surface area is 218 Å². The minimum absolute atomic E-state index is 0.0588. The molecular formula is C26H52N4O6. The molecule has 10 heteroatoms. The molecule has 0 radical (unpaired) electrons. The molecule has 0 aromatic carbocycles. The molecule has 0 saturated heterocycles. The number of nitrogens with one attached hydrogen (secondary N) is 4. The fourth-order valence-electron chi connectivity index (χ4n) is 2.82. The van der Waals surface area contributed by atoms with Gasteiger partial charge in [0, 0.05) is 39.2 Å². The maximum atomic E-state index is 12.0. The summed E-state index contributed by atoms with van der Waals surface area (Å²) >= 11 is 0. The molecule has 0 bridgehead atoms. The topological polar surface area (TPSA) is 127 Å². The summed E-state index contributed by atoms with van der Waals surface area (Å²) in [6.45, 7) is 19.8. The molecule has 0 rings (SSSR count). The minimum atomic E-state index is -0.538. The lowest BCUT2D eigenvalue weighted by Gasteiger charge is -2.29. The van der Waals surface area contributed by atoms with Gasteiger partial charge in [0.05, 0.1) is 19.8 Å². The molecule has 10 nitrogen and oxygen atoms in total. The molecule has 0 saturated carbocycles. The van der Waals surface area contributed by atoms with Gasteiger partial charge in [-0.15, -0.1) is 0 Å². The highest BCUT2D eigenvalue weighted by Crippen LogP contribution is 2.29. The molecule has 0 spiro atoms. The van der Waals surface area contributed by atoms with Crippen molar-refractivity contribution in [1.82, 2.24) is 21.3 Å². The van der Waals surface area contributed by atoms with Crippen LogP contribution in [0.1, 0.15) is 81.1 Å². The standard InChI is InChI=1S/C26H52N4O6/c1-24(2,3)11-12-26(7,8)20-30-22(32)28-13-9-16-34-18-14-27-21(31)10-17-35-19-15-29-23(33)36-25(4,5)6/h9-20H2,1-8H3,(H,27,31)(H,29,33)(H2,28,30,32). The molecule has 4 amide bonds. The maximum absolute atomic E-state index is 12.0. The van der Waals surface area contributed by atoms with Crippen molar-refractivity contribution in [1.29, 1.82) is 0 Å². The van der Waals surface area contributed by atoms with Crippen molar-refractivity contribution in [2.45, 2.75) is 86.7 Å². The highest BCUT2D eigenvalue weighted by molar-refractivity contribution is 5.75. The molecule has 0 aromatic heterocycles. The Balaban J connectivity index is 3.58. The fraction of sp³-hybridized carbons (Fsp3) is 0.885. The summed E-state index contributed by atoms with van der Waals surface area (Å²) in [4.78, 5) is 35.2. The number of urea groups is 1. The summed E-state index contributed by atoms with van der Waals surface area (Å²) in [7, 11) is 0. The van der Waals surface area contributed by atoms with E-state index < -0.39 is 11.7 Å². The Morgan fingerprint density at radius 2 is 1.28 bits per heavy atom. The van der Waals surface area contributed by atoms with Crippen molar-refractivity contribution in [3.63, 3.8) is 0 Å². The number of hydrogen-bond donors (Lipinski definition) is 4. The Morgan fingerprint density at radius 3 is 1.89 bits per heavy atom. The average molecular weight is 517 g/mol. The van der Waals surface area contributed by atoms with Crippen LogP contribution in [-0.2, 0) is 19.0 Å². The van der Waals surface area contributed by atoms with Gasteiger partial charge in [-0.25, -0.2) is 9.59 Å². The van der Waals surface area contributed by atoms with Crippen LogP contribution >= 0.6 is 0 Å². The quantitative estimate of drug-likeness (QED) is 0.219. The Hall–Kier alpha value is -2.07. The number of carbonyl (C=O) groups is 3. The summed E-state index contributed by atoms with van der Waals surface area (Å²) in [5.74, 6) is -0.123. The number of hydrogen-bond acceptors (Lipinski definition) is 6. The summed E-state index contributed by atoms with van der Waals surface area (Å²) in [5, 5.41) is 11.1. The molecule has 36 heavy (non-hydrogen) atoms. The predicted octanol–water partition coefficient (Wildman–Crippen LogP) is 3.59. The van der Waals surface area contributed by atoms with E-state index in [1.807, 2.05) is 0 Å². The molecule has 0 aliphatic heterocycles. The molecule has 0 unspecified atom stereocenters. The highest BCUT2D eigenvalue weighted by atomic mass is 16.6. The zero-order valence-electron chi connectivity index (χ0n) is 23.9. The lowest BCUT2D eigenvalue weighted by atomic mass is 9.80. The first-order chi connectivity index (χ1) is 16.6. The van der Waals surface area contributed by atoms with Gasteiger partial charge in [0.2, 0.25) is 5.91 Å². The molecule has 0 atom stereocenters. The van der Waals surface area contributed by atoms with Crippen LogP contribution in [0.2, 0.25) is 0 Å². The van der Waals surface area contributed by atoms with E-state index in [4.69, 9.17) is 14.2 Å². The van der Waals surface area contributed by atoms with Gasteiger partial charge in [0.25, 0.3) is 0 Å². The Morgan fingerprint density at radius 1 is 0.667 bits per heavy atom. The molecule has 0 aliphatic rings. The van der Waals surface area contributed by atoms with Crippen LogP contribution in [0, 0.1) is 10.8 Å². The first-order valence-electron chi connectivity index (χ1n) is 13.0. The third-order valence-electron chi connectivity index (χ3n) is 4.99. The summed E-state index contributed by atoms with van der Waals surface area (Å²) in [6, 6.07) is -0.158. The molecule has 0 aromatic rings. The number of amides is 4. The van der Waals surface area contributed by atoms with Crippen LogP contribution < -0.4 is 21.3 Å². The second kappa shape index (κ2) is 17.4. The number of carbonyl (C=O) groups excluding carboxylic acids is 3. The summed E-state index contributed by atoms with van der Waals surface area (Å²) < 4.78 is 15.9. The molecule has 0 heterocycles. The lowest BCUT2D eigenvalue weighted by molar-refractivity contribution is -0.122. The summed E-state index contributed by atoms with van der Waals surface area (Å²) in [5.41, 5.74) is -0.188. The third-order valence-corrected chi connectivity index (χ3v) is 4.99. The van der Waals surface area contributed by atoms with Gasteiger partial charge in [-0.3, -0.25) is 4.79 Å². The van der Waals surface area contributed by atoms with E-state index >= 15 is 0 Å². The number of rotatable bonds is 17. The molecule has 0 fully saturated rings. The van der Waals surface area contributed by atoms with Gasteiger partial charge in [-0.1, -0.05) is 34.6 Å². The van der Waals surface area contributed by atoms with E-state index in [9.17, 15) is 14.4 Å². The van der Waals surface area contributed by atoms with E-state index in [2.05, 4.69) is 55.9 Å². The van der Waals surface area contributed by atoms with Gasteiger partial charge < -0.3 is 35.5 Å². The number of ether oxygens (including phenoxy) is 3. The predicted molar refractivity (Wildman–Crippen MR) is 142 cm³/mol. The van der Waals surface area contributed by atoms with E-state index in [1.165, 1.54) is 0 Å². The monoisotopic (exact) mass is 516 g/mol. The van der Waals surface area contributed by atoms with Gasteiger partial charge in [-0.2, -0.15) is 0 Å². The Kier molecular flexibility index (Phi) is 16.4. The first kappa shape index (κ1) is 33.9. The Bertz CT molecular complexity index is 641. The maximum Gasteiger partial charge on any atom is 0.407 e. The van der Waals surface area contributed by atoms with Gasteiger partial charge >= 0.3 is 12.1 Å². The summed E-state index contributed by atoms with van der Waals surface area (Å²) in [6.07, 6.45) is 2.61. The largest absolute Gasteiger partial charge is 0.444 e. The van der Waals surface area contributed by atoms with Crippen molar-refractivity contribution >= 4 is 18.0 Å². The second-order valence-corrected chi connectivity index (χ2v) is 11.9. The zero-order chi connectivity index (χ0) is 27.7. The van der Waals surface area contributed by atoms with Gasteiger partial charge in [0.1, 0.15) is 5.60 Å². The average Bonchev–Trinajstić information content (AvgIpc) is 2.73. The zero-order valence-corrected chi connectivity index (χ0v) is 23.9. The van der Waals surface area contributed by atoms with Gasteiger partial charge in [-0.05, 0) is 50.9 Å². The van der Waals surface area contributed by atoms with Crippen LogP contribution in [0.4, 0.5) is 9.59 Å². The normalized spacial score (nSPS) is 12.1. The SMILES string of the molecule is CC(C)(C)CCC(C)(C)CNC(=O)NCCCOCCNC(=O)CCOCCNC(=O)OC(C)(C)C. The van der Waals surface area contributed by atoms with Crippen LogP contribution in [0.25, 0.3) is 0 Å². The van der Waals surface area contributed by atoms with E-state index in [1.54, 1.807) is 20.8 Å². The fourth-order valence-corrected chi connectivity index (χ4v) is 2.82. The third kappa shape index (κ3) is 23.7. The highest BCUT2D eigenvalue weighted by Gasteiger charge is 2.22. The lowest BCUT2D eigenvalue weighted by Crippen LogP contribution is -2.41. The van der Waals surface area contributed by atoms with Crippen LogP contribution in [0.3, 0.4) is 0 Å². The van der Waals surface area contributed by atoms with Crippen molar-refractivity contribution in [3.05, 3.63) is 0 Å². The molecular weight excluding hydrogens is 464 g/mol. The minimum Gasteiger partial charge on any atom is -0.444 e.